The van der Waals surface area contributed by atoms with Crippen molar-refractivity contribution in [1.29, 1.82) is 0 Å². The van der Waals surface area contributed by atoms with Crippen molar-refractivity contribution >= 4 is 0 Å². The zero-order valence-electron chi connectivity index (χ0n) is 10.4. The highest BCUT2D eigenvalue weighted by Crippen LogP contribution is 2.31. The maximum atomic E-state index is 4.63. The van der Waals surface area contributed by atoms with Crippen molar-refractivity contribution in [1.82, 2.24) is 24.9 Å². The second-order valence-electron chi connectivity index (χ2n) is 4.66. The first-order chi connectivity index (χ1) is 8.16. The molecule has 1 atom stereocenters. The molecule has 3 rings (SSSR count). The molecule has 0 spiro atoms. The Kier molecular flexibility index (Phi) is 2.29. The van der Waals surface area contributed by atoms with Crippen LogP contribution in [0.15, 0.2) is 12.4 Å². The fourth-order valence-electron chi connectivity index (χ4n) is 2.60. The Balaban J connectivity index is 2.17. The van der Waals surface area contributed by atoms with Gasteiger partial charge < -0.3 is 5.32 Å². The van der Waals surface area contributed by atoms with Crippen LogP contribution in [0.1, 0.15) is 24.2 Å². The van der Waals surface area contributed by atoms with E-state index in [-0.39, 0.29) is 0 Å². The van der Waals surface area contributed by atoms with Crippen LogP contribution in [0, 0.1) is 0 Å². The molecular weight excluding hydrogens is 214 g/mol. The zero-order chi connectivity index (χ0) is 12.0. The molecule has 0 fully saturated rings. The summed E-state index contributed by atoms with van der Waals surface area (Å²) in [6.07, 6.45) is 4.99. The summed E-state index contributed by atoms with van der Waals surface area (Å²) >= 11 is 0. The van der Waals surface area contributed by atoms with Crippen LogP contribution in [-0.2, 0) is 20.5 Å². The summed E-state index contributed by atoms with van der Waals surface area (Å²) in [5, 5.41) is 12.3. The minimum absolute atomic E-state index is 0.343. The van der Waals surface area contributed by atoms with Crippen LogP contribution >= 0.6 is 0 Å². The first kappa shape index (κ1) is 10.5. The second kappa shape index (κ2) is 3.70. The molecule has 17 heavy (non-hydrogen) atoms. The Morgan fingerprint density at radius 2 is 2.24 bits per heavy atom. The summed E-state index contributed by atoms with van der Waals surface area (Å²) in [7, 11) is 3.95. The molecule has 0 aromatic carbocycles. The van der Waals surface area contributed by atoms with Crippen LogP contribution < -0.4 is 5.32 Å². The molecule has 0 amide bonds. The summed E-state index contributed by atoms with van der Waals surface area (Å²) < 4.78 is 3.81. The van der Waals surface area contributed by atoms with Gasteiger partial charge in [-0.3, -0.25) is 9.36 Å². The van der Waals surface area contributed by atoms with Gasteiger partial charge in [0, 0.05) is 37.5 Å². The average Bonchev–Trinajstić information content (AvgIpc) is 2.82. The van der Waals surface area contributed by atoms with Gasteiger partial charge in [-0.05, 0) is 19.9 Å². The number of hydrogen-bond acceptors (Lipinski definition) is 3. The molecule has 3 heterocycles. The molecule has 0 saturated carbocycles. The molecule has 90 valence electrons. The van der Waals surface area contributed by atoms with E-state index in [1.54, 1.807) is 0 Å². The molecular formula is C12H17N5. The van der Waals surface area contributed by atoms with E-state index >= 15 is 0 Å². The van der Waals surface area contributed by atoms with E-state index in [1.807, 2.05) is 35.9 Å². The van der Waals surface area contributed by atoms with Crippen molar-refractivity contribution in [2.75, 3.05) is 6.54 Å². The Labute approximate surface area is 100 Å². The van der Waals surface area contributed by atoms with Gasteiger partial charge in [0.1, 0.15) is 0 Å². The van der Waals surface area contributed by atoms with Gasteiger partial charge in [-0.15, -0.1) is 0 Å². The van der Waals surface area contributed by atoms with Crippen molar-refractivity contribution in [3.63, 3.8) is 0 Å². The van der Waals surface area contributed by atoms with Gasteiger partial charge >= 0.3 is 0 Å². The molecule has 0 radical (unpaired) electrons. The first-order valence-electron chi connectivity index (χ1n) is 5.95. The van der Waals surface area contributed by atoms with Gasteiger partial charge in [0.05, 0.1) is 17.6 Å². The topological polar surface area (TPSA) is 47.7 Å². The summed E-state index contributed by atoms with van der Waals surface area (Å²) in [5.41, 5.74) is 4.91. The van der Waals surface area contributed by atoms with E-state index in [9.17, 15) is 0 Å². The van der Waals surface area contributed by atoms with Crippen LogP contribution in [0.25, 0.3) is 11.3 Å². The van der Waals surface area contributed by atoms with Gasteiger partial charge in [-0.25, -0.2) is 0 Å². The van der Waals surface area contributed by atoms with Crippen molar-refractivity contribution in [2.45, 2.75) is 19.4 Å². The highest BCUT2D eigenvalue weighted by atomic mass is 15.3. The van der Waals surface area contributed by atoms with Crippen molar-refractivity contribution in [3.05, 3.63) is 23.7 Å². The Morgan fingerprint density at radius 3 is 2.94 bits per heavy atom. The monoisotopic (exact) mass is 231 g/mol. The molecule has 0 bridgehead atoms. The molecule has 1 N–H and O–H groups in total. The minimum atomic E-state index is 0.343. The van der Waals surface area contributed by atoms with Crippen molar-refractivity contribution in [3.8, 4) is 11.3 Å². The molecule has 0 saturated heterocycles. The van der Waals surface area contributed by atoms with Crippen LogP contribution in [0.5, 0.6) is 0 Å². The second-order valence-corrected chi connectivity index (χ2v) is 4.66. The quantitative estimate of drug-likeness (QED) is 0.797. The maximum absolute atomic E-state index is 4.63. The normalized spacial score (nSPS) is 19.4. The zero-order valence-corrected chi connectivity index (χ0v) is 10.4. The standard InChI is InChI=1S/C12H17N5/c1-8-11-10(4-5-13-8)12(17(3)15-11)9-6-14-16(2)7-9/h6-8,13H,4-5H2,1-3H3. The lowest BCUT2D eigenvalue weighted by molar-refractivity contribution is 0.525. The molecule has 1 aliphatic heterocycles. The molecule has 1 aliphatic rings. The Bertz CT molecular complexity index is 551. The summed E-state index contributed by atoms with van der Waals surface area (Å²) in [6, 6.07) is 0.343. The van der Waals surface area contributed by atoms with Crippen LogP contribution in [0.4, 0.5) is 0 Å². The lowest BCUT2D eigenvalue weighted by atomic mass is 9.99. The fraction of sp³-hybridized carbons (Fsp3) is 0.500. The lowest BCUT2D eigenvalue weighted by Gasteiger charge is -2.19. The molecule has 0 aliphatic carbocycles. The number of aromatic nitrogens is 4. The highest BCUT2D eigenvalue weighted by molar-refractivity contribution is 5.64. The third kappa shape index (κ3) is 1.58. The van der Waals surface area contributed by atoms with Crippen LogP contribution in [-0.4, -0.2) is 26.1 Å². The molecule has 5 heteroatoms. The average molecular weight is 231 g/mol. The highest BCUT2D eigenvalue weighted by Gasteiger charge is 2.24. The SMILES string of the molecule is CC1NCCc2c1nn(C)c2-c1cnn(C)c1. The van der Waals surface area contributed by atoms with Crippen LogP contribution in [0.2, 0.25) is 0 Å². The van der Waals surface area contributed by atoms with E-state index in [0.717, 1.165) is 18.5 Å². The molecule has 2 aromatic rings. The Hall–Kier alpha value is -1.62. The van der Waals surface area contributed by atoms with Gasteiger partial charge in [0.15, 0.2) is 0 Å². The number of hydrogen-bond donors (Lipinski definition) is 1. The van der Waals surface area contributed by atoms with E-state index in [4.69, 9.17) is 0 Å². The third-order valence-electron chi connectivity index (χ3n) is 3.39. The van der Waals surface area contributed by atoms with E-state index in [2.05, 4.69) is 22.4 Å². The van der Waals surface area contributed by atoms with Crippen molar-refractivity contribution < 1.29 is 0 Å². The minimum Gasteiger partial charge on any atom is -0.308 e. The number of fused-ring (bicyclic) bond motifs is 1. The molecule has 1 unspecified atom stereocenters. The van der Waals surface area contributed by atoms with E-state index in [0.29, 0.717) is 6.04 Å². The predicted molar refractivity (Wildman–Crippen MR) is 65.5 cm³/mol. The maximum Gasteiger partial charge on any atom is 0.0830 e. The Morgan fingerprint density at radius 1 is 1.41 bits per heavy atom. The molecule has 2 aromatic heterocycles. The predicted octanol–water partition coefficient (Wildman–Crippen LogP) is 1.03. The smallest absolute Gasteiger partial charge is 0.0830 e. The van der Waals surface area contributed by atoms with E-state index in [1.165, 1.54) is 17.0 Å². The largest absolute Gasteiger partial charge is 0.308 e. The number of aryl methyl sites for hydroxylation is 2. The summed E-state index contributed by atoms with van der Waals surface area (Å²) in [5.74, 6) is 0. The first-order valence-corrected chi connectivity index (χ1v) is 5.95. The number of nitrogens with one attached hydrogen (secondary N) is 1. The fourth-order valence-corrected chi connectivity index (χ4v) is 2.60. The van der Waals surface area contributed by atoms with Gasteiger partial charge in [-0.1, -0.05) is 0 Å². The number of nitrogens with zero attached hydrogens (tertiary/aromatic N) is 4. The lowest BCUT2D eigenvalue weighted by Crippen LogP contribution is -2.27. The third-order valence-corrected chi connectivity index (χ3v) is 3.39. The number of rotatable bonds is 1. The van der Waals surface area contributed by atoms with Crippen molar-refractivity contribution in [2.24, 2.45) is 14.1 Å². The summed E-state index contributed by atoms with van der Waals surface area (Å²) in [4.78, 5) is 0. The van der Waals surface area contributed by atoms with Crippen LogP contribution in [0.3, 0.4) is 0 Å². The van der Waals surface area contributed by atoms with Gasteiger partial charge in [0.2, 0.25) is 0 Å². The summed E-state index contributed by atoms with van der Waals surface area (Å²) in [6.45, 7) is 3.19. The van der Waals surface area contributed by atoms with Gasteiger partial charge in [0.25, 0.3) is 0 Å². The van der Waals surface area contributed by atoms with Gasteiger partial charge in [-0.2, -0.15) is 10.2 Å². The van der Waals surface area contributed by atoms with E-state index < -0.39 is 0 Å². The molecule has 5 nitrogen and oxygen atoms in total.